The number of nitrogens with zero attached hydrogens (tertiary/aromatic N) is 2. The summed E-state index contributed by atoms with van der Waals surface area (Å²) in [4.78, 5) is 9.82. The van der Waals surface area contributed by atoms with Crippen LogP contribution in [-0.4, -0.2) is 9.49 Å². The van der Waals surface area contributed by atoms with Gasteiger partial charge in [0.05, 0.1) is 17.7 Å². The van der Waals surface area contributed by atoms with Gasteiger partial charge in [0.1, 0.15) is 0 Å². The Balaban J connectivity index is 2.75. The third-order valence-electron chi connectivity index (χ3n) is 1.27. The molecule has 0 aliphatic rings. The average Bonchev–Trinajstić information content (AvgIpc) is 2.48. The van der Waals surface area contributed by atoms with E-state index in [-0.39, 0.29) is 5.69 Å². The zero-order valence-electron chi connectivity index (χ0n) is 6.03. The smallest absolute Gasteiger partial charge is 0.286 e. The van der Waals surface area contributed by atoms with Gasteiger partial charge >= 0.3 is 0 Å². The zero-order chi connectivity index (χ0) is 8.97. The van der Waals surface area contributed by atoms with E-state index in [4.69, 9.17) is 0 Å². The number of nitro groups is 1. The fourth-order valence-corrected chi connectivity index (χ4v) is 0.926. The number of aromatic nitrogens is 1. The van der Waals surface area contributed by atoms with Gasteiger partial charge in [0.25, 0.3) is 5.69 Å². The molecule has 0 aromatic carbocycles. The summed E-state index contributed by atoms with van der Waals surface area (Å²) in [6.07, 6.45) is 3.10. The molecule has 0 bridgehead atoms. The highest BCUT2D eigenvalue weighted by Crippen LogP contribution is 2.09. The Bertz CT molecular complexity index is 348. The van der Waals surface area contributed by atoms with E-state index in [0.29, 0.717) is 6.54 Å². The highest BCUT2D eigenvalue weighted by atomic mass is 127. The van der Waals surface area contributed by atoms with Gasteiger partial charge in [-0.25, -0.2) is 0 Å². The Labute approximate surface area is 82.9 Å². The Morgan fingerprint density at radius 1 is 1.75 bits per heavy atom. The molecule has 1 heterocycles. The highest BCUT2D eigenvalue weighted by molar-refractivity contribution is 14.1. The molecular weight excluding hydrogens is 271 g/mol. The standard InChI is InChI=1S/C7H5IN2O2/c8-3-1-4-9-5-2-7(6-9)10(11)12/h2,5-6H,4H2. The van der Waals surface area contributed by atoms with Crippen molar-refractivity contribution in [1.82, 2.24) is 4.57 Å². The summed E-state index contributed by atoms with van der Waals surface area (Å²) in [5.74, 6) is 2.79. The van der Waals surface area contributed by atoms with Crippen molar-refractivity contribution in [1.29, 1.82) is 0 Å². The molecule has 0 spiro atoms. The molecule has 1 aromatic rings. The minimum absolute atomic E-state index is 0.102. The molecular formula is C7H5IN2O2. The van der Waals surface area contributed by atoms with Crippen molar-refractivity contribution in [2.45, 2.75) is 6.54 Å². The molecule has 0 fully saturated rings. The molecule has 0 amide bonds. The lowest BCUT2D eigenvalue weighted by Crippen LogP contribution is -1.90. The summed E-state index contributed by atoms with van der Waals surface area (Å²) >= 11 is 1.93. The molecule has 62 valence electrons. The first-order valence-electron chi connectivity index (χ1n) is 3.12. The first-order chi connectivity index (χ1) is 5.74. The number of hydrogen-bond acceptors (Lipinski definition) is 2. The van der Waals surface area contributed by atoms with Crippen molar-refractivity contribution < 1.29 is 4.92 Å². The molecule has 0 N–H and O–H groups in total. The molecule has 4 nitrogen and oxygen atoms in total. The van der Waals surface area contributed by atoms with Crippen LogP contribution in [0.3, 0.4) is 0 Å². The summed E-state index contributed by atoms with van der Waals surface area (Å²) in [7, 11) is 0. The van der Waals surface area contributed by atoms with Crippen LogP contribution < -0.4 is 0 Å². The molecule has 1 aromatic heterocycles. The largest absolute Gasteiger partial charge is 0.336 e. The molecule has 0 aliphatic carbocycles. The molecule has 12 heavy (non-hydrogen) atoms. The van der Waals surface area contributed by atoms with Crippen molar-refractivity contribution in [3.8, 4) is 9.85 Å². The molecule has 5 heteroatoms. The van der Waals surface area contributed by atoms with Gasteiger partial charge in [-0.2, -0.15) is 0 Å². The second-order valence-corrected chi connectivity index (χ2v) is 2.61. The molecule has 1 rings (SSSR count). The van der Waals surface area contributed by atoms with Gasteiger partial charge in [-0.3, -0.25) is 10.1 Å². The van der Waals surface area contributed by atoms with Crippen molar-refractivity contribution in [3.05, 3.63) is 28.6 Å². The minimum atomic E-state index is -0.423. The van der Waals surface area contributed by atoms with Crippen LogP contribution in [0.2, 0.25) is 0 Å². The lowest BCUT2D eigenvalue weighted by Gasteiger charge is -1.89. The third-order valence-corrected chi connectivity index (χ3v) is 1.66. The monoisotopic (exact) mass is 276 g/mol. The van der Waals surface area contributed by atoms with Gasteiger partial charge < -0.3 is 4.57 Å². The number of hydrogen-bond donors (Lipinski definition) is 0. The number of halogens is 1. The van der Waals surface area contributed by atoms with Gasteiger partial charge in [0, 0.05) is 34.9 Å². The molecule has 0 atom stereocenters. The van der Waals surface area contributed by atoms with Crippen LogP contribution in [-0.2, 0) is 6.54 Å². The quantitative estimate of drug-likeness (QED) is 0.358. The van der Waals surface area contributed by atoms with Crippen LogP contribution >= 0.6 is 22.6 Å². The van der Waals surface area contributed by atoms with Crippen molar-refractivity contribution in [2.75, 3.05) is 0 Å². The van der Waals surface area contributed by atoms with E-state index in [0.717, 1.165) is 0 Å². The van der Waals surface area contributed by atoms with Gasteiger partial charge in [0.15, 0.2) is 0 Å². The minimum Gasteiger partial charge on any atom is -0.336 e. The van der Waals surface area contributed by atoms with E-state index in [1.165, 1.54) is 12.3 Å². The predicted molar refractivity (Wildman–Crippen MR) is 52.9 cm³/mol. The zero-order valence-corrected chi connectivity index (χ0v) is 8.19. The summed E-state index contributed by atoms with van der Waals surface area (Å²) in [6, 6.07) is 1.45. The Morgan fingerprint density at radius 2 is 2.50 bits per heavy atom. The third kappa shape index (κ3) is 2.23. The van der Waals surface area contributed by atoms with E-state index in [9.17, 15) is 10.1 Å². The van der Waals surface area contributed by atoms with Crippen LogP contribution in [0.4, 0.5) is 5.69 Å². The van der Waals surface area contributed by atoms with Gasteiger partial charge in [-0.05, 0) is 3.93 Å². The summed E-state index contributed by atoms with van der Waals surface area (Å²) in [5.41, 5.74) is 0.102. The second kappa shape index (κ2) is 4.11. The normalized spacial score (nSPS) is 8.75. The molecule has 0 saturated heterocycles. The van der Waals surface area contributed by atoms with Crippen LogP contribution in [0.25, 0.3) is 0 Å². The summed E-state index contributed by atoms with van der Waals surface area (Å²) in [5, 5.41) is 10.2. The fourth-order valence-electron chi connectivity index (χ4n) is 0.756. The highest BCUT2D eigenvalue weighted by Gasteiger charge is 2.05. The van der Waals surface area contributed by atoms with Crippen molar-refractivity contribution in [2.24, 2.45) is 0 Å². The molecule has 0 saturated carbocycles. The van der Waals surface area contributed by atoms with E-state index in [1.807, 2.05) is 22.6 Å². The predicted octanol–water partition coefficient (Wildman–Crippen LogP) is 1.79. The Morgan fingerprint density at radius 3 is 3.00 bits per heavy atom. The maximum absolute atomic E-state index is 10.2. The van der Waals surface area contributed by atoms with Gasteiger partial charge in [-0.15, -0.1) is 0 Å². The first kappa shape index (κ1) is 9.06. The van der Waals surface area contributed by atoms with Crippen molar-refractivity contribution >= 4 is 28.3 Å². The molecule has 0 unspecified atom stereocenters. The van der Waals surface area contributed by atoms with E-state index >= 15 is 0 Å². The lowest BCUT2D eigenvalue weighted by atomic mass is 10.6. The maximum atomic E-state index is 10.2. The summed E-state index contributed by atoms with van der Waals surface area (Å²) < 4.78 is 4.35. The molecule has 0 radical (unpaired) electrons. The lowest BCUT2D eigenvalue weighted by molar-refractivity contribution is -0.384. The van der Waals surface area contributed by atoms with Crippen LogP contribution in [0.5, 0.6) is 0 Å². The van der Waals surface area contributed by atoms with Crippen LogP contribution in [0, 0.1) is 20.0 Å². The first-order valence-corrected chi connectivity index (χ1v) is 4.20. The topological polar surface area (TPSA) is 48.1 Å². The Hall–Kier alpha value is -1.03. The van der Waals surface area contributed by atoms with E-state index in [2.05, 4.69) is 9.85 Å². The Kier molecular flexibility index (Phi) is 3.10. The summed E-state index contributed by atoms with van der Waals surface area (Å²) in [6.45, 7) is 0.497. The second-order valence-electron chi connectivity index (χ2n) is 2.07. The maximum Gasteiger partial charge on any atom is 0.286 e. The SMILES string of the molecule is O=[N+]([O-])c1ccn(CC#CI)c1. The average molecular weight is 276 g/mol. The van der Waals surface area contributed by atoms with Gasteiger partial charge in [0.2, 0.25) is 0 Å². The fraction of sp³-hybridized carbons (Fsp3) is 0.143. The van der Waals surface area contributed by atoms with Crippen molar-refractivity contribution in [3.63, 3.8) is 0 Å². The van der Waals surface area contributed by atoms with E-state index < -0.39 is 4.92 Å². The number of rotatable bonds is 2. The van der Waals surface area contributed by atoms with Gasteiger partial charge in [-0.1, -0.05) is 5.92 Å². The molecule has 0 aliphatic heterocycles. The van der Waals surface area contributed by atoms with Crippen LogP contribution in [0.1, 0.15) is 0 Å². The van der Waals surface area contributed by atoms with Crippen LogP contribution in [0.15, 0.2) is 18.5 Å². The van der Waals surface area contributed by atoms with E-state index in [1.54, 1.807) is 10.8 Å².